The Morgan fingerprint density at radius 1 is 1.30 bits per heavy atom. The highest BCUT2D eigenvalue weighted by atomic mass is 32.2. The van der Waals surface area contributed by atoms with Crippen molar-refractivity contribution in [3.63, 3.8) is 0 Å². The number of carbonyl (C=O) groups is 2. The van der Waals surface area contributed by atoms with Gasteiger partial charge in [-0.05, 0) is 30.9 Å². The van der Waals surface area contributed by atoms with Crippen LogP contribution in [0.2, 0.25) is 0 Å². The molecular weight excluding hydrogens is 278 g/mol. The molecule has 1 aliphatic carbocycles. The minimum atomic E-state index is -1.12. The summed E-state index contributed by atoms with van der Waals surface area (Å²) in [5, 5.41) is 16.5. The summed E-state index contributed by atoms with van der Waals surface area (Å²) >= 11 is 1.48. The summed E-state index contributed by atoms with van der Waals surface area (Å²) in [7, 11) is 0. The molecule has 2 aliphatic rings. The van der Waals surface area contributed by atoms with Crippen LogP contribution in [0, 0.1) is 5.92 Å². The van der Waals surface area contributed by atoms with Crippen LogP contribution in [0.1, 0.15) is 33.6 Å². The van der Waals surface area contributed by atoms with E-state index >= 15 is 0 Å². The molecule has 0 saturated heterocycles. The lowest BCUT2D eigenvalue weighted by Crippen LogP contribution is -2.29. The van der Waals surface area contributed by atoms with Crippen LogP contribution in [-0.2, 0) is 0 Å². The maximum atomic E-state index is 12.1. The Morgan fingerprint density at radius 3 is 2.65 bits per heavy atom. The highest BCUT2D eigenvalue weighted by molar-refractivity contribution is 8.14. The predicted octanol–water partition coefficient (Wildman–Crippen LogP) is 1.46. The van der Waals surface area contributed by atoms with E-state index in [1.165, 1.54) is 36.7 Å². The van der Waals surface area contributed by atoms with Crippen molar-refractivity contribution < 1.29 is 14.7 Å². The van der Waals surface area contributed by atoms with Gasteiger partial charge >= 0.3 is 5.97 Å². The zero-order valence-electron chi connectivity index (χ0n) is 10.5. The lowest BCUT2D eigenvalue weighted by atomic mass is 10.1. The molecule has 1 fully saturated rings. The monoisotopic (exact) mass is 291 g/mol. The molecule has 0 bridgehead atoms. The van der Waals surface area contributed by atoms with Crippen molar-refractivity contribution in [3.05, 3.63) is 35.4 Å². The zero-order valence-corrected chi connectivity index (χ0v) is 11.3. The Hall–Kier alpha value is -2.02. The largest absolute Gasteiger partial charge is 0.478 e. The molecule has 1 unspecified atom stereocenters. The van der Waals surface area contributed by atoms with Crippen molar-refractivity contribution in [1.82, 2.24) is 10.7 Å². The van der Waals surface area contributed by atoms with Crippen molar-refractivity contribution in [2.24, 2.45) is 11.0 Å². The van der Waals surface area contributed by atoms with E-state index < -0.39 is 11.9 Å². The normalized spacial score (nSPS) is 21.0. The van der Waals surface area contributed by atoms with E-state index in [1.807, 2.05) is 0 Å². The van der Waals surface area contributed by atoms with E-state index in [0.717, 1.165) is 0 Å². The molecule has 104 valence electrons. The number of nitrogens with zero attached hydrogens (tertiary/aromatic N) is 1. The summed E-state index contributed by atoms with van der Waals surface area (Å²) < 4.78 is 0. The molecule has 7 heteroatoms. The Labute approximate surface area is 119 Å². The molecular formula is C13H13N3O3S. The number of amides is 1. The van der Waals surface area contributed by atoms with Crippen LogP contribution in [0.3, 0.4) is 0 Å². The lowest BCUT2D eigenvalue weighted by molar-refractivity contribution is 0.0691. The number of thioether (sulfide) groups is 1. The first-order chi connectivity index (χ1) is 9.65. The number of rotatable bonds is 3. The first-order valence-corrected chi connectivity index (χ1v) is 7.16. The second-order valence-corrected chi connectivity index (χ2v) is 5.86. The van der Waals surface area contributed by atoms with E-state index in [0.29, 0.717) is 11.1 Å². The number of hydrazone groups is 1. The maximum Gasteiger partial charge on any atom is 0.336 e. The molecule has 1 aromatic rings. The van der Waals surface area contributed by atoms with Gasteiger partial charge < -0.3 is 5.11 Å². The Bertz CT molecular complexity index is 598. The molecule has 1 atom stereocenters. The van der Waals surface area contributed by atoms with Gasteiger partial charge in [0.25, 0.3) is 5.91 Å². The predicted molar refractivity (Wildman–Crippen MR) is 75.5 cm³/mol. The van der Waals surface area contributed by atoms with E-state index in [1.54, 1.807) is 12.1 Å². The summed E-state index contributed by atoms with van der Waals surface area (Å²) in [5.74, 6) is -0.956. The number of aromatic carboxylic acids is 1. The van der Waals surface area contributed by atoms with E-state index in [9.17, 15) is 9.59 Å². The number of carboxylic acid groups (broad SMARTS) is 1. The van der Waals surface area contributed by atoms with Gasteiger partial charge in [-0.25, -0.2) is 4.79 Å². The number of hydrogen-bond donors (Lipinski definition) is 3. The fourth-order valence-corrected chi connectivity index (χ4v) is 3.05. The van der Waals surface area contributed by atoms with Crippen molar-refractivity contribution in [3.8, 4) is 0 Å². The summed E-state index contributed by atoms with van der Waals surface area (Å²) in [5.41, 5.74) is 3.11. The number of hydrogen-bond acceptors (Lipinski definition) is 5. The van der Waals surface area contributed by atoms with Crippen molar-refractivity contribution >= 4 is 28.8 Å². The van der Waals surface area contributed by atoms with Gasteiger partial charge in [-0.1, -0.05) is 23.9 Å². The Balaban J connectivity index is 1.69. The van der Waals surface area contributed by atoms with Crippen LogP contribution in [0.4, 0.5) is 0 Å². The molecule has 6 nitrogen and oxygen atoms in total. The number of carbonyl (C=O) groups excluding carboxylic acids is 1. The van der Waals surface area contributed by atoms with E-state index in [4.69, 9.17) is 5.11 Å². The van der Waals surface area contributed by atoms with Crippen molar-refractivity contribution in [2.45, 2.75) is 18.2 Å². The standard InChI is InChI=1S/C13H13N3O3S/c17-10(8-3-1-2-4-9(8)12(18)19)14-13-16-15-11(20-13)7-5-6-7/h1-4,7,11,15H,5-6H2,(H,18,19)(H,14,16,17). The summed E-state index contributed by atoms with van der Waals surface area (Å²) in [6, 6.07) is 6.12. The molecule has 3 N–H and O–H groups in total. The number of nitrogens with one attached hydrogen (secondary N) is 2. The quantitative estimate of drug-likeness (QED) is 0.784. The molecule has 1 amide bonds. The molecule has 1 aliphatic heterocycles. The Morgan fingerprint density at radius 2 is 2.00 bits per heavy atom. The second kappa shape index (κ2) is 5.16. The SMILES string of the molecule is O=C(O)c1ccccc1C(=O)NC1=NNC(C2CC2)S1. The molecule has 0 spiro atoms. The van der Waals surface area contributed by atoms with Gasteiger partial charge in [0, 0.05) is 0 Å². The first-order valence-electron chi connectivity index (χ1n) is 6.28. The number of benzene rings is 1. The number of carboxylic acids is 1. The van der Waals surface area contributed by atoms with Crippen LogP contribution < -0.4 is 10.7 Å². The third-order valence-corrected chi connectivity index (χ3v) is 4.37. The summed E-state index contributed by atoms with van der Waals surface area (Å²) in [6.07, 6.45) is 2.37. The van der Waals surface area contributed by atoms with Gasteiger partial charge in [0.15, 0.2) is 5.17 Å². The van der Waals surface area contributed by atoms with Gasteiger partial charge in [0.2, 0.25) is 0 Å². The Kier molecular flexibility index (Phi) is 3.35. The third-order valence-electron chi connectivity index (χ3n) is 3.20. The minimum Gasteiger partial charge on any atom is -0.478 e. The van der Waals surface area contributed by atoms with Crippen molar-refractivity contribution in [2.75, 3.05) is 0 Å². The molecule has 1 saturated carbocycles. The van der Waals surface area contributed by atoms with Crippen LogP contribution in [0.25, 0.3) is 0 Å². The molecule has 3 rings (SSSR count). The molecule has 1 heterocycles. The van der Waals surface area contributed by atoms with Crippen molar-refractivity contribution in [1.29, 1.82) is 0 Å². The number of amidine groups is 1. The second-order valence-electron chi connectivity index (χ2n) is 4.73. The summed E-state index contributed by atoms with van der Waals surface area (Å²) in [4.78, 5) is 23.2. The van der Waals surface area contributed by atoms with E-state index in [-0.39, 0.29) is 16.5 Å². The highest BCUT2D eigenvalue weighted by Crippen LogP contribution is 2.39. The van der Waals surface area contributed by atoms with E-state index in [2.05, 4.69) is 15.8 Å². The van der Waals surface area contributed by atoms with Gasteiger partial charge in [0.1, 0.15) is 0 Å². The average molecular weight is 291 g/mol. The van der Waals surface area contributed by atoms with Gasteiger partial charge in [-0.3, -0.25) is 15.5 Å². The topological polar surface area (TPSA) is 90.8 Å². The van der Waals surface area contributed by atoms with Gasteiger partial charge in [-0.2, -0.15) is 5.10 Å². The smallest absolute Gasteiger partial charge is 0.336 e. The molecule has 0 radical (unpaired) electrons. The van der Waals surface area contributed by atoms with Gasteiger partial charge in [-0.15, -0.1) is 0 Å². The third kappa shape index (κ3) is 2.62. The highest BCUT2D eigenvalue weighted by Gasteiger charge is 2.36. The minimum absolute atomic E-state index is 0.0136. The first kappa shape index (κ1) is 13.0. The molecule has 0 aromatic heterocycles. The molecule has 20 heavy (non-hydrogen) atoms. The molecule has 1 aromatic carbocycles. The maximum absolute atomic E-state index is 12.1. The van der Waals surface area contributed by atoms with Crippen LogP contribution in [-0.4, -0.2) is 27.5 Å². The average Bonchev–Trinajstić information content (AvgIpc) is 3.19. The fraction of sp³-hybridized carbons (Fsp3) is 0.308. The van der Waals surface area contributed by atoms with Crippen LogP contribution in [0.15, 0.2) is 29.4 Å². The zero-order chi connectivity index (χ0) is 14.1. The fourth-order valence-electron chi connectivity index (χ4n) is 1.99. The lowest BCUT2D eigenvalue weighted by Gasteiger charge is -2.07. The van der Waals surface area contributed by atoms with Crippen LogP contribution in [0.5, 0.6) is 0 Å². The van der Waals surface area contributed by atoms with Gasteiger partial charge in [0.05, 0.1) is 16.5 Å². The summed E-state index contributed by atoms with van der Waals surface area (Å²) in [6.45, 7) is 0. The van der Waals surface area contributed by atoms with Crippen LogP contribution >= 0.6 is 11.8 Å².